The van der Waals surface area contributed by atoms with Gasteiger partial charge in [0.25, 0.3) is 0 Å². The number of amides is 1. The van der Waals surface area contributed by atoms with Crippen LogP contribution in [0.15, 0.2) is 52.4 Å². The Balaban J connectivity index is 1.27. The zero-order valence-corrected chi connectivity index (χ0v) is 16.4. The lowest BCUT2D eigenvalue weighted by Crippen LogP contribution is -2.48. The van der Waals surface area contributed by atoms with E-state index in [9.17, 15) is 4.79 Å². The first kappa shape index (κ1) is 18.2. The molecule has 3 aromatic rings. The molecule has 0 N–H and O–H groups in total. The van der Waals surface area contributed by atoms with Crippen molar-refractivity contribution in [3.8, 4) is 10.6 Å². The summed E-state index contributed by atoms with van der Waals surface area (Å²) in [6, 6.07) is 13.5. The predicted molar refractivity (Wildman–Crippen MR) is 107 cm³/mol. The smallest absolute Gasteiger partial charge is 0.227 e. The van der Waals surface area contributed by atoms with E-state index in [1.807, 2.05) is 52.7 Å². The third-order valence-corrected chi connectivity index (χ3v) is 5.84. The fraction of sp³-hybridized carbons (Fsp3) is 0.300. The van der Waals surface area contributed by atoms with Gasteiger partial charge in [-0.15, -0.1) is 11.3 Å². The Kier molecular flexibility index (Phi) is 5.57. The molecule has 0 unspecified atom stereocenters. The van der Waals surface area contributed by atoms with Gasteiger partial charge in [-0.25, -0.2) is 0 Å². The number of benzene rings is 1. The van der Waals surface area contributed by atoms with E-state index < -0.39 is 0 Å². The zero-order chi connectivity index (χ0) is 18.6. The molecule has 0 spiro atoms. The molecule has 140 valence electrons. The van der Waals surface area contributed by atoms with E-state index in [0.717, 1.165) is 54.6 Å². The lowest BCUT2D eigenvalue weighted by Gasteiger charge is -2.34. The van der Waals surface area contributed by atoms with Crippen LogP contribution >= 0.6 is 22.9 Å². The molecule has 7 heteroatoms. The fourth-order valence-electron chi connectivity index (χ4n) is 3.19. The number of nitrogens with zero attached hydrogens (tertiary/aromatic N) is 3. The number of rotatable bonds is 5. The highest BCUT2D eigenvalue weighted by molar-refractivity contribution is 7.13. The molecule has 3 heterocycles. The maximum Gasteiger partial charge on any atom is 0.227 e. The normalized spacial score (nSPS) is 15.2. The van der Waals surface area contributed by atoms with Gasteiger partial charge in [-0.2, -0.15) is 0 Å². The average molecular weight is 402 g/mol. The van der Waals surface area contributed by atoms with Gasteiger partial charge in [-0.1, -0.05) is 35.0 Å². The van der Waals surface area contributed by atoms with Gasteiger partial charge >= 0.3 is 0 Å². The highest BCUT2D eigenvalue weighted by Crippen LogP contribution is 2.25. The minimum Gasteiger partial charge on any atom is -0.355 e. The molecule has 1 aliphatic rings. The van der Waals surface area contributed by atoms with Crippen LogP contribution in [0.5, 0.6) is 0 Å². The highest BCUT2D eigenvalue weighted by atomic mass is 35.5. The Morgan fingerprint density at radius 3 is 2.63 bits per heavy atom. The molecule has 1 aliphatic heterocycles. The van der Waals surface area contributed by atoms with E-state index in [0.29, 0.717) is 11.4 Å². The SMILES string of the molecule is O=C(Cc1ccc(Cl)cc1)N1CCN(Cc2cc(-c3cccs3)on2)CC1. The lowest BCUT2D eigenvalue weighted by atomic mass is 10.1. The van der Waals surface area contributed by atoms with Gasteiger partial charge in [0, 0.05) is 43.8 Å². The predicted octanol–water partition coefficient (Wildman–Crippen LogP) is 3.94. The average Bonchev–Trinajstić information content (AvgIpc) is 3.36. The van der Waals surface area contributed by atoms with Gasteiger partial charge in [0.15, 0.2) is 5.76 Å². The molecule has 4 rings (SSSR count). The van der Waals surface area contributed by atoms with E-state index in [2.05, 4.69) is 10.1 Å². The molecule has 2 aromatic heterocycles. The second kappa shape index (κ2) is 8.25. The van der Waals surface area contributed by atoms with Crippen LogP contribution in [-0.4, -0.2) is 47.0 Å². The van der Waals surface area contributed by atoms with Crippen molar-refractivity contribution in [3.63, 3.8) is 0 Å². The number of thiophene rings is 1. The first-order valence-electron chi connectivity index (χ1n) is 8.91. The molecule has 0 bridgehead atoms. The molecule has 1 amide bonds. The zero-order valence-electron chi connectivity index (χ0n) is 14.8. The molecule has 1 fully saturated rings. The Morgan fingerprint density at radius 2 is 1.93 bits per heavy atom. The molecule has 0 aliphatic carbocycles. The molecule has 5 nitrogen and oxygen atoms in total. The number of carbonyl (C=O) groups is 1. The molecule has 0 radical (unpaired) electrons. The quantitative estimate of drug-likeness (QED) is 0.649. The highest BCUT2D eigenvalue weighted by Gasteiger charge is 2.22. The van der Waals surface area contributed by atoms with Crippen LogP contribution in [0.2, 0.25) is 5.02 Å². The Labute approximate surface area is 167 Å². The van der Waals surface area contributed by atoms with Crippen molar-refractivity contribution in [2.45, 2.75) is 13.0 Å². The molecular formula is C20H20ClN3O2S. The van der Waals surface area contributed by atoms with Crippen LogP contribution in [0.3, 0.4) is 0 Å². The molecule has 27 heavy (non-hydrogen) atoms. The van der Waals surface area contributed by atoms with Gasteiger partial charge in [-0.05, 0) is 29.1 Å². The summed E-state index contributed by atoms with van der Waals surface area (Å²) in [5.41, 5.74) is 1.93. The van der Waals surface area contributed by atoms with Crippen molar-refractivity contribution in [2.75, 3.05) is 26.2 Å². The van der Waals surface area contributed by atoms with E-state index in [1.165, 1.54) is 0 Å². The first-order chi connectivity index (χ1) is 13.2. The summed E-state index contributed by atoms with van der Waals surface area (Å²) < 4.78 is 5.44. The Bertz CT molecular complexity index is 884. The second-order valence-electron chi connectivity index (χ2n) is 6.62. The molecular weight excluding hydrogens is 382 g/mol. The monoisotopic (exact) mass is 401 g/mol. The molecule has 0 atom stereocenters. The summed E-state index contributed by atoms with van der Waals surface area (Å²) in [4.78, 5) is 17.8. The number of hydrogen-bond donors (Lipinski definition) is 0. The second-order valence-corrected chi connectivity index (χ2v) is 8.00. The number of hydrogen-bond acceptors (Lipinski definition) is 5. The van der Waals surface area contributed by atoms with Crippen LogP contribution in [0, 0.1) is 0 Å². The largest absolute Gasteiger partial charge is 0.355 e. The molecule has 1 aromatic carbocycles. The van der Waals surface area contributed by atoms with Crippen molar-refractivity contribution < 1.29 is 9.32 Å². The summed E-state index contributed by atoms with van der Waals surface area (Å²) in [5, 5.41) is 6.90. The van der Waals surface area contributed by atoms with Crippen molar-refractivity contribution >= 4 is 28.8 Å². The number of aromatic nitrogens is 1. The van der Waals surface area contributed by atoms with Crippen LogP contribution in [-0.2, 0) is 17.8 Å². The summed E-state index contributed by atoms with van der Waals surface area (Å²) in [6.45, 7) is 3.90. The van der Waals surface area contributed by atoms with Crippen molar-refractivity contribution in [1.82, 2.24) is 15.0 Å². The van der Waals surface area contributed by atoms with E-state index >= 15 is 0 Å². The third-order valence-electron chi connectivity index (χ3n) is 4.70. The van der Waals surface area contributed by atoms with Gasteiger partial charge in [0.05, 0.1) is 17.0 Å². The third kappa shape index (κ3) is 4.58. The molecule has 0 saturated carbocycles. The molecule has 1 saturated heterocycles. The topological polar surface area (TPSA) is 49.6 Å². The van der Waals surface area contributed by atoms with Crippen LogP contribution in [0.1, 0.15) is 11.3 Å². The minimum atomic E-state index is 0.165. The van der Waals surface area contributed by atoms with Gasteiger partial charge in [0.1, 0.15) is 0 Å². The summed E-state index contributed by atoms with van der Waals surface area (Å²) in [7, 11) is 0. The van der Waals surface area contributed by atoms with Crippen molar-refractivity contribution in [1.29, 1.82) is 0 Å². The van der Waals surface area contributed by atoms with Gasteiger partial charge in [0.2, 0.25) is 5.91 Å². The lowest BCUT2D eigenvalue weighted by molar-refractivity contribution is -0.132. The minimum absolute atomic E-state index is 0.165. The van der Waals surface area contributed by atoms with Crippen molar-refractivity contribution in [3.05, 3.63) is 64.1 Å². The van der Waals surface area contributed by atoms with Crippen molar-refractivity contribution in [2.24, 2.45) is 0 Å². The summed E-state index contributed by atoms with van der Waals surface area (Å²) >= 11 is 7.54. The fourth-order valence-corrected chi connectivity index (χ4v) is 3.99. The summed E-state index contributed by atoms with van der Waals surface area (Å²) in [5.74, 6) is 0.982. The van der Waals surface area contributed by atoms with E-state index in [4.69, 9.17) is 16.1 Å². The van der Waals surface area contributed by atoms with E-state index in [-0.39, 0.29) is 5.91 Å². The number of piperazine rings is 1. The first-order valence-corrected chi connectivity index (χ1v) is 10.2. The van der Waals surface area contributed by atoms with Crippen LogP contribution in [0.4, 0.5) is 0 Å². The summed E-state index contributed by atoms with van der Waals surface area (Å²) in [6.07, 6.45) is 0.421. The van der Waals surface area contributed by atoms with E-state index in [1.54, 1.807) is 11.3 Å². The maximum atomic E-state index is 12.5. The number of halogens is 1. The Morgan fingerprint density at radius 1 is 1.15 bits per heavy atom. The van der Waals surface area contributed by atoms with Crippen LogP contribution < -0.4 is 0 Å². The van der Waals surface area contributed by atoms with Crippen LogP contribution in [0.25, 0.3) is 10.6 Å². The van der Waals surface area contributed by atoms with Gasteiger partial charge in [-0.3, -0.25) is 9.69 Å². The maximum absolute atomic E-state index is 12.5. The van der Waals surface area contributed by atoms with Gasteiger partial charge < -0.3 is 9.42 Å². The standard InChI is InChI=1S/C20H20ClN3O2S/c21-16-5-3-15(4-6-16)12-20(25)24-9-7-23(8-10-24)14-17-13-18(26-22-17)19-2-1-11-27-19/h1-6,11,13H,7-10,12,14H2. The number of carbonyl (C=O) groups excluding carboxylic acids is 1. The Hall–Kier alpha value is -2.15.